The minimum Gasteiger partial charge on any atom is -0.362 e. The van der Waals surface area contributed by atoms with Crippen LogP contribution < -0.4 is 5.32 Å². The highest BCUT2D eigenvalue weighted by Crippen LogP contribution is 2.23. The minimum atomic E-state index is 0.779. The van der Waals surface area contributed by atoms with Crippen molar-refractivity contribution in [2.24, 2.45) is 5.92 Å². The van der Waals surface area contributed by atoms with E-state index in [1.54, 1.807) is 11.3 Å². The Kier molecular flexibility index (Phi) is 5.33. The fourth-order valence-corrected chi connectivity index (χ4v) is 3.03. The summed E-state index contributed by atoms with van der Waals surface area (Å²) in [7, 11) is 0. The van der Waals surface area contributed by atoms with E-state index in [4.69, 9.17) is 0 Å². The van der Waals surface area contributed by atoms with Crippen molar-refractivity contribution in [3.8, 4) is 0 Å². The van der Waals surface area contributed by atoms with E-state index in [1.165, 1.54) is 10.6 Å². The third-order valence-electron chi connectivity index (χ3n) is 1.58. The van der Waals surface area contributed by atoms with Crippen molar-refractivity contribution in [1.29, 1.82) is 0 Å². The van der Waals surface area contributed by atoms with Gasteiger partial charge in [0, 0.05) is 23.4 Å². The van der Waals surface area contributed by atoms with Gasteiger partial charge in [0.1, 0.15) is 0 Å². The lowest BCUT2D eigenvalue weighted by Gasteiger charge is -2.01. The first-order valence-electron chi connectivity index (χ1n) is 4.98. The predicted molar refractivity (Wildman–Crippen MR) is 67.3 cm³/mol. The second kappa shape index (κ2) is 6.30. The average Bonchev–Trinajstić information content (AvgIpc) is 2.53. The fourth-order valence-electron chi connectivity index (χ4n) is 1.00. The normalized spacial score (nSPS) is 10.9. The molecule has 1 heterocycles. The van der Waals surface area contributed by atoms with Gasteiger partial charge in [-0.15, -0.1) is 11.3 Å². The van der Waals surface area contributed by atoms with Gasteiger partial charge in [0.2, 0.25) is 0 Å². The molecule has 2 nitrogen and oxygen atoms in total. The Morgan fingerprint density at radius 3 is 3.00 bits per heavy atom. The smallest absolute Gasteiger partial charge is 0.182 e. The highest BCUT2D eigenvalue weighted by Gasteiger charge is 2.01. The molecule has 0 bridgehead atoms. The van der Waals surface area contributed by atoms with Crippen molar-refractivity contribution >= 4 is 28.2 Å². The lowest BCUT2D eigenvalue weighted by atomic mass is 10.3. The lowest BCUT2D eigenvalue weighted by molar-refractivity contribution is 0.750. The second-order valence-corrected chi connectivity index (χ2v) is 5.72. The quantitative estimate of drug-likeness (QED) is 0.810. The molecule has 1 N–H and O–H groups in total. The number of nitrogens with one attached hydrogen (secondary N) is 1. The van der Waals surface area contributed by atoms with Crippen LogP contribution in [0, 0.1) is 5.92 Å². The first-order valence-corrected chi connectivity index (χ1v) is 6.95. The third-order valence-corrected chi connectivity index (χ3v) is 4.13. The van der Waals surface area contributed by atoms with E-state index in [9.17, 15) is 0 Å². The highest BCUT2D eigenvalue weighted by molar-refractivity contribution is 7.98. The van der Waals surface area contributed by atoms with Gasteiger partial charge in [0.25, 0.3) is 0 Å². The Balaban J connectivity index is 2.28. The summed E-state index contributed by atoms with van der Waals surface area (Å²) in [6.45, 7) is 7.55. The maximum absolute atomic E-state index is 4.30. The van der Waals surface area contributed by atoms with E-state index in [0.29, 0.717) is 0 Å². The van der Waals surface area contributed by atoms with Crippen molar-refractivity contribution in [2.45, 2.75) is 26.5 Å². The molecule has 1 aromatic rings. The Morgan fingerprint density at radius 1 is 1.57 bits per heavy atom. The molecule has 0 saturated carbocycles. The molecule has 0 spiro atoms. The average molecular weight is 230 g/mol. The number of hydrogen-bond donors (Lipinski definition) is 1. The molecule has 14 heavy (non-hydrogen) atoms. The summed E-state index contributed by atoms with van der Waals surface area (Å²) in [6, 6.07) is 0. The predicted octanol–water partition coefficient (Wildman–Crippen LogP) is 3.46. The van der Waals surface area contributed by atoms with Gasteiger partial charge in [-0.05, 0) is 18.6 Å². The van der Waals surface area contributed by atoms with E-state index in [1.807, 2.05) is 18.0 Å². The summed E-state index contributed by atoms with van der Waals surface area (Å²) < 4.78 is 0. The summed E-state index contributed by atoms with van der Waals surface area (Å²) in [5.74, 6) is 3.11. The molecule has 0 amide bonds. The number of rotatable bonds is 6. The van der Waals surface area contributed by atoms with Gasteiger partial charge >= 0.3 is 0 Å². The molecule has 80 valence electrons. The van der Waals surface area contributed by atoms with Crippen LogP contribution in [0.15, 0.2) is 6.20 Å². The van der Waals surface area contributed by atoms with Crippen molar-refractivity contribution < 1.29 is 0 Å². The molecule has 0 fully saturated rings. The Labute approximate surface area is 94.5 Å². The number of nitrogens with zero attached hydrogens (tertiary/aromatic N) is 1. The van der Waals surface area contributed by atoms with Crippen LogP contribution in [0.4, 0.5) is 5.13 Å². The zero-order valence-corrected chi connectivity index (χ0v) is 10.7. The third kappa shape index (κ3) is 4.33. The fraction of sp³-hybridized carbons (Fsp3) is 0.700. The molecule has 0 aromatic carbocycles. The minimum absolute atomic E-state index is 0.779. The number of hydrogen-bond acceptors (Lipinski definition) is 4. The monoisotopic (exact) mass is 230 g/mol. The topological polar surface area (TPSA) is 24.9 Å². The molecule has 0 radical (unpaired) electrons. The van der Waals surface area contributed by atoms with Gasteiger partial charge in [-0.3, -0.25) is 0 Å². The van der Waals surface area contributed by atoms with Gasteiger partial charge in [0.15, 0.2) is 5.13 Å². The van der Waals surface area contributed by atoms with E-state index < -0.39 is 0 Å². The van der Waals surface area contributed by atoms with Crippen molar-refractivity contribution in [2.75, 3.05) is 17.6 Å². The molecular weight excluding hydrogens is 212 g/mol. The van der Waals surface area contributed by atoms with Crippen LogP contribution >= 0.6 is 23.1 Å². The van der Waals surface area contributed by atoms with Crippen LogP contribution in [0.1, 0.15) is 25.6 Å². The van der Waals surface area contributed by atoms with Crippen LogP contribution in [-0.4, -0.2) is 17.3 Å². The van der Waals surface area contributed by atoms with Crippen molar-refractivity contribution in [3.63, 3.8) is 0 Å². The Morgan fingerprint density at radius 2 is 2.36 bits per heavy atom. The summed E-state index contributed by atoms with van der Waals surface area (Å²) in [6.07, 6.45) is 1.98. The SMILES string of the molecule is CCNc1ncc(CSCC(C)C)s1. The van der Waals surface area contributed by atoms with Gasteiger partial charge < -0.3 is 5.32 Å². The van der Waals surface area contributed by atoms with E-state index in [-0.39, 0.29) is 0 Å². The number of thiazole rings is 1. The standard InChI is InChI=1S/C10H18N2S2/c1-4-11-10-12-5-9(14-10)7-13-6-8(2)3/h5,8H,4,6-7H2,1-3H3,(H,11,12). The Bertz CT molecular complexity index is 258. The van der Waals surface area contributed by atoms with Gasteiger partial charge in [-0.25, -0.2) is 4.98 Å². The first-order chi connectivity index (χ1) is 6.72. The number of anilines is 1. The van der Waals surface area contributed by atoms with Crippen molar-refractivity contribution in [1.82, 2.24) is 4.98 Å². The number of aromatic nitrogens is 1. The van der Waals surface area contributed by atoms with E-state index >= 15 is 0 Å². The highest BCUT2D eigenvalue weighted by atomic mass is 32.2. The Hall–Kier alpha value is -0.220. The molecule has 0 saturated heterocycles. The van der Waals surface area contributed by atoms with Crippen LogP contribution in [0.3, 0.4) is 0 Å². The molecule has 1 aromatic heterocycles. The van der Waals surface area contributed by atoms with E-state index in [2.05, 4.69) is 31.1 Å². The van der Waals surface area contributed by atoms with Crippen LogP contribution in [0.2, 0.25) is 0 Å². The lowest BCUT2D eigenvalue weighted by Crippen LogP contribution is -1.94. The molecule has 1 rings (SSSR count). The van der Waals surface area contributed by atoms with Gasteiger partial charge in [0.05, 0.1) is 0 Å². The second-order valence-electron chi connectivity index (χ2n) is 3.57. The first kappa shape index (κ1) is 11.9. The maximum Gasteiger partial charge on any atom is 0.182 e. The zero-order chi connectivity index (χ0) is 10.4. The molecule has 0 aliphatic carbocycles. The van der Waals surface area contributed by atoms with Gasteiger partial charge in [-0.2, -0.15) is 11.8 Å². The molecule has 0 aliphatic heterocycles. The summed E-state index contributed by atoms with van der Waals surface area (Å²) in [4.78, 5) is 5.66. The van der Waals surface area contributed by atoms with Crippen LogP contribution in [-0.2, 0) is 5.75 Å². The zero-order valence-electron chi connectivity index (χ0n) is 9.04. The molecule has 0 unspecified atom stereocenters. The summed E-state index contributed by atoms with van der Waals surface area (Å²) in [5, 5.41) is 4.27. The largest absolute Gasteiger partial charge is 0.362 e. The molecule has 0 aliphatic rings. The molecular formula is C10H18N2S2. The van der Waals surface area contributed by atoms with Crippen LogP contribution in [0.25, 0.3) is 0 Å². The van der Waals surface area contributed by atoms with E-state index in [0.717, 1.165) is 23.3 Å². The maximum atomic E-state index is 4.30. The number of thioether (sulfide) groups is 1. The van der Waals surface area contributed by atoms with Crippen LogP contribution in [0.5, 0.6) is 0 Å². The van der Waals surface area contributed by atoms with Crippen molar-refractivity contribution in [3.05, 3.63) is 11.1 Å². The molecule has 4 heteroatoms. The van der Waals surface area contributed by atoms with Gasteiger partial charge in [-0.1, -0.05) is 13.8 Å². The molecule has 0 atom stereocenters. The summed E-state index contributed by atoms with van der Waals surface area (Å²) >= 11 is 3.75. The summed E-state index contributed by atoms with van der Waals surface area (Å²) in [5.41, 5.74) is 0.